The van der Waals surface area contributed by atoms with Crippen LogP contribution in [0, 0.1) is 11.3 Å². The molecule has 0 unspecified atom stereocenters. The zero-order valence-corrected chi connectivity index (χ0v) is 13.1. The van der Waals surface area contributed by atoms with Crippen molar-refractivity contribution in [2.75, 3.05) is 0 Å². The molecule has 1 aliphatic carbocycles. The molecular weight excluding hydrogens is 320 g/mol. The fourth-order valence-corrected chi connectivity index (χ4v) is 5.25. The molecule has 0 bridgehead atoms. The number of hydrogen-bond acceptors (Lipinski definition) is 4. The van der Waals surface area contributed by atoms with Crippen molar-refractivity contribution in [3.63, 3.8) is 0 Å². The SMILES string of the molecule is N#C[C@]1(N)[C@@H](c2cccc(Cl)c2)[C@@H]1S(=O)(=O)c1ccccc1. The average Bonchev–Trinajstić information content (AvgIpc) is 3.16. The molecule has 1 saturated carbocycles. The van der Waals surface area contributed by atoms with Gasteiger partial charge in [0.1, 0.15) is 10.8 Å². The maximum absolute atomic E-state index is 12.8. The van der Waals surface area contributed by atoms with E-state index in [0.29, 0.717) is 10.6 Å². The summed E-state index contributed by atoms with van der Waals surface area (Å²) in [6, 6.07) is 16.8. The predicted molar refractivity (Wildman–Crippen MR) is 84.1 cm³/mol. The number of rotatable bonds is 3. The molecule has 2 aromatic rings. The van der Waals surface area contributed by atoms with E-state index >= 15 is 0 Å². The van der Waals surface area contributed by atoms with E-state index in [4.69, 9.17) is 17.3 Å². The molecule has 3 rings (SSSR count). The lowest BCUT2D eigenvalue weighted by molar-refractivity contribution is 0.592. The van der Waals surface area contributed by atoms with Crippen molar-refractivity contribution in [3.05, 3.63) is 65.2 Å². The summed E-state index contributed by atoms with van der Waals surface area (Å²) in [6.45, 7) is 0. The lowest BCUT2D eigenvalue weighted by atomic mass is 10.1. The van der Waals surface area contributed by atoms with Gasteiger partial charge < -0.3 is 5.73 Å². The third-order valence-electron chi connectivity index (χ3n) is 3.99. The molecule has 6 heteroatoms. The standard InChI is InChI=1S/C16H13ClN2O2S/c17-12-6-4-5-11(9-12)14-15(16(14,19)10-18)22(20,21)13-7-2-1-3-8-13/h1-9,14-15H,19H2/t14-,15-,16-/m0/s1. The van der Waals surface area contributed by atoms with Crippen molar-refractivity contribution in [1.29, 1.82) is 5.26 Å². The van der Waals surface area contributed by atoms with Crippen LogP contribution in [-0.2, 0) is 9.84 Å². The molecule has 2 N–H and O–H groups in total. The van der Waals surface area contributed by atoms with E-state index in [1.807, 2.05) is 6.07 Å². The molecule has 0 amide bonds. The van der Waals surface area contributed by atoms with Gasteiger partial charge in [0.05, 0.1) is 11.0 Å². The second kappa shape index (κ2) is 5.10. The molecule has 0 radical (unpaired) electrons. The zero-order valence-electron chi connectivity index (χ0n) is 11.5. The zero-order chi connectivity index (χ0) is 16.0. The summed E-state index contributed by atoms with van der Waals surface area (Å²) in [5.74, 6) is -0.582. The van der Waals surface area contributed by atoms with E-state index in [1.54, 1.807) is 42.5 Å². The summed E-state index contributed by atoms with van der Waals surface area (Å²) in [6.07, 6.45) is 0. The lowest BCUT2D eigenvalue weighted by Gasteiger charge is -2.04. The molecule has 0 aliphatic heterocycles. The highest BCUT2D eigenvalue weighted by molar-refractivity contribution is 7.92. The number of nitrogens with two attached hydrogens (primary N) is 1. The van der Waals surface area contributed by atoms with Crippen molar-refractivity contribution >= 4 is 21.4 Å². The van der Waals surface area contributed by atoms with Gasteiger partial charge in [-0.3, -0.25) is 0 Å². The summed E-state index contributed by atoms with van der Waals surface area (Å²) >= 11 is 5.96. The Labute approximate surface area is 134 Å². The third kappa shape index (κ3) is 2.20. The number of nitriles is 1. The van der Waals surface area contributed by atoms with Gasteiger partial charge >= 0.3 is 0 Å². The molecule has 2 aromatic carbocycles. The summed E-state index contributed by atoms with van der Waals surface area (Å²) < 4.78 is 25.5. The molecule has 0 saturated heterocycles. The first-order valence-electron chi connectivity index (χ1n) is 6.66. The molecule has 0 heterocycles. The first kappa shape index (κ1) is 15.0. The van der Waals surface area contributed by atoms with E-state index < -0.39 is 26.5 Å². The Hall–Kier alpha value is -1.87. The third-order valence-corrected chi connectivity index (χ3v) is 6.48. The van der Waals surface area contributed by atoms with Crippen molar-refractivity contribution in [1.82, 2.24) is 0 Å². The Morgan fingerprint density at radius 1 is 1.14 bits per heavy atom. The smallest absolute Gasteiger partial charge is 0.184 e. The molecule has 0 spiro atoms. The fourth-order valence-electron chi connectivity index (χ4n) is 2.85. The van der Waals surface area contributed by atoms with E-state index in [0.717, 1.165) is 0 Å². The highest BCUT2D eigenvalue weighted by Crippen LogP contribution is 2.55. The largest absolute Gasteiger partial charge is 0.312 e. The first-order chi connectivity index (χ1) is 10.4. The van der Waals surface area contributed by atoms with E-state index in [-0.39, 0.29) is 4.90 Å². The number of hydrogen-bond donors (Lipinski definition) is 1. The van der Waals surface area contributed by atoms with Crippen LogP contribution in [0.2, 0.25) is 5.02 Å². The molecule has 22 heavy (non-hydrogen) atoms. The number of halogens is 1. The van der Waals surface area contributed by atoms with Gasteiger partial charge in [0, 0.05) is 10.9 Å². The Morgan fingerprint density at radius 3 is 2.41 bits per heavy atom. The van der Waals surface area contributed by atoms with Crippen LogP contribution < -0.4 is 5.73 Å². The van der Waals surface area contributed by atoms with Gasteiger partial charge in [-0.1, -0.05) is 41.9 Å². The summed E-state index contributed by atoms with van der Waals surface area (Å²) in [7, 11) is -3.69. The van der Waals surface area contributed by atoms with Crippen molar-refractivity contribution in [2.45, 2.75) is 21.6 Å². The molecule has 3 atom stereocenters. The van der Waals surface area contributed by atoms with Gasteiger partial charge in [0.25, 0.3) is 0 Å². The monoisotopic (exact) mass is 332 g/mol. The topological polar surface area (TPSA) is 83.9 Å². The Kier molecular flexibility index (Phi) is 3.48. The fraction of sp³-hybridized carbons (Fsp3) is 0.188. The summed E-state index contributed by atoms with van der Waals surface area (Å²) in [5.41, 5.74) is 5.29. The van der Waals surface area contributed by atoms with Gasteiger partial charge in [-0.05, 0) is 29.8 Å². The van der Waals surface area contributed by atoms with Crippen molar-refractivity contribution in [3.8, 4) is 6.07 Å². The normalized spacial score (nSPS) is 27.1. The lowest BCUT2D eigenvalue weighted by Crippen LogP contribution is -2.29. The van der Waals surface area contributed by atoms with Crippen LogP contribution in [0.4, 0.5) is 0 Å². The second-order valence-electron chi connectivity index (χ2n) is 5.36. The van der Waals surface area contributed by atoms with Gasteiger partial charge in [0.15, 0.2) is 9.84 Å². The second-order valence-corrected chi connectivity index (χ2v) is 7.86. The van der Waals surface area contributed by atoms with E-state index in [1.165, 1.54) is 12.1 Å². The minimum absolute atomic E-state index is 0.176. The highest BCUT2D eigenvalue weighted by atomic mass is 35.5. The van der Waals surface area contributed by atoms with E-state index in [9.17, 15) is 13.7 Å². The molecule has 1 fully saturated rings. The van der Waals surface area contributed by atoms with Crippen LogP contribution in [-0.4, -0.2) is 19.2 Å². The minimum Gasteiger partial charge on any atom is -0.312 e. The van der Waals surface area contributed by atoms with Crippen LogP contribution in [0.15, 0.2) is 59.5 Å². The summed E-state index contributed by atoms with van der Waals surface area (Å²) in [5, 5.41) is 8.89. The number of nitrogens with zero attached hydrogens (tertiary/aromatic N) is 1. The van der Waals surface area contributed by atoms with Crippen LogP contribution in [0.3, 0.4) is 0 Å². The first-order valence-corrected chi connectivity index (χ1v) is 8.58. The van der Waals surface area contributed by atoms with Gasteiger partial charge in [-0.25, -0.2) is 8.42 Å². The van der Waals surface area contributed by atoms with Crippen molar-refractivity contribution < 1.29 is 8.42 Å². The maximum atomic E-state index is 12.8. The van der Waals surface area contributed by atoms with Gasteiger partial charge in [-0.2, -0.15) is 5.26 Å². The molecule has 4 nitrogen and oxygen atoms in total. The molecule has 1 aliphatic rings. The van der Waals surface area contributed by atoms with Crippen LogP contribution in [0.25, 0.3) is 0 Å². The van der Waals surface area contributed by atoms with Gasteiger partial charge in [-0.15, -0.1) is 0 Å². The highest BCUT2D eigenvalue weighted by Gasteiger charge is 2.70. The summed E-state index contributed by atoms with van der Waals surface area (Å²) in [4.78, 5) is 0.176. The van der Waals surface area contributed by atoms with Crippen LogP contribution in [0.5, 0.6) is 0 Å². The predicted octanol–water partition coefficient (Wildman–Crippen LogP) is 2.50. The molecule has 0 aromatic heterocycles. The van der Waals surface area contributed by atoms with Crippen molar-refractivity contribution in [2.24, 2.45) is 5.73 Å². The number of benzene rings is 2. The maximum Gasteiger partial charge on any atom is 0.184 e. The minimum atomic E-state index is -3.69. The Morgan fingerprint density at radius 2 is 1.82 bits per heavy atom. The average molecular weight is 333 g/mol. The quantitative estimate of drug-likeness (QED) is 0.936. The van der Waals surface area contributed by atoms with Crippen LogP contribution in [0.1, 0.15) is 11.5 Å². The van der Waals surface area contributed by atoms with Gasteiger partial charge in [0.2, 0.25) is 0 Å². The Bertz CT molecular complexity index is 861. The van der Waals surface area contributed by atoms with Crippen LogP contribution >= 0.6 is 11.6 Å². The Balaban J connectivity index is 2.06. The number of sulfone groups is 1. The van der Waals surface area contributed by atoms with E-state index in [2.05, 4.69) is 0 Å². The molecule has 112 valence electrons. The molecular formula is C16H13ClN2O2S.